The predicted molar refractivity (Wildman–Crippen MR) is 116 cm³/mol. The van der Waals surface area contributed by atoms with E-state index < -0.39 is 0 Å². The fourth-order valence-corrected chi connectivity index (χ4v) is 4.10. The van der Waals surface area contributed by atoms with Crippen LogP contribution < -0.4 is 10.1 Å². The van der Waals surface area contributed by atoms with Crippen molar-refractivity contribution < 1.29 is 14.3 Å². The maximum atomic E-state index is 12.7. The second-order valence-electron chi connectivity index (χ2n) is 6.12. The zero-order valence-electron chi connectivity index (χ0n) is 15.8. The van der Waals surface area contributed by atoms with E-state index in [0.29, 0.717) is 16.3 Å². The van der Waals surface area contributed by atoms with Gasteiger partial charge < -0.3 is 15.0 Å². The van der Waals surface area contributed by atoms with Crippen LogP contribution in [0.2, 0.25) is 0 Å². The van der Waals surface area contributed by atoms with Crippen LogP contribution in [0.5, 0.6) is 5.75 Å². The molecule has 0 atom stereocenters. The molecule has 0 aliphatic rings. The molecule has 0 aliphatic carbocycles. The van der Waals surface area contributed by atoms with Gasteiger partial charge in [-0.15, -0.1) is 11.3 Å². The van der Waals surface area contributed by atoms with Gasteiger partial charge in [-0.25, -0.2) is 0 Å². The molecule has 0 bridgehead atoms. The molecule has 0 radical (unpaired) electrons. The van der Waals surface area contributed by atoms with Gasteiger partial charge in [0.05, 0.1) is 7.11 Å². The lowest BCUT2D eigenvalue weighted by atomic mass is 10.2. The maximum Gasteiger partial charge on any atom is 0.285 e. The normalized spacial score (nSPS) is 10.4. The molecule has 0 fully saturated rings. The molecule has 144 valence electrons. The number of ether oxygens (including phenoxy) is 1. The highest BCUT2D eigenvalue weighted by atomic mass is 32.2. The third-order valence-corrected chi connectivity index (χ3v) is 6.08. The number of thiophene rings is 1. The Bertz CT molecular complexity index is 967. The first kappa shape index (κ1) is 20.0. The first-order chi connectivity index (χ1) is 13.5. The highest BCUT2D eigenvalue weighted by molar-refractivity contribution is 8.13. The van der Waals surface area contributed by atoms with Crippen molar-refractivity contribution >= 4 is 39.9 Å². The quantitative estimate of drug-likeness (QED) is 0.566. The summed E-state index contributed by atoms with van der Waals surface area (Å²) < 4.78 is 5.40. The van der Waals surface area contributed by atoms with Gasteiger partial charge >= 0.3 is 0 Å². The molecule has 2 amide bonds. The minimum atomic E-state index is -0.228. The molecule has 28 heavy (non-hydrogen) atoms. The van der Waals surface area contributed by atoms with Crippen molar-refractivity contribution in [2.75, 3.05) is 26.5 Å². The van der Waals surface area contributed by atoms with Gasteiger partial charge in [-0.05, 0) is 47.7 Å². The fraction of sp³-hybridized carbons (Fsp3) is 0.143. The van der Waals surface area contributed by atoms with Gasteiger partial charge in [0.1, 0.15) is 10.6 Å². The number of carbonyl (C=O) groups excluding carboxylic acids is 2. The van der Waals surface area contributed by atoms with E-state index in [2.05, 4.69) is 5.32 Å². The van der Waals surface area contributed by atoms with E-state index in [1.54, 1.807) is 33.3 Å². The summed E-state index contributed by atoms with van der Waals surface area (Å²) in [6, 6.07) is 18.9. The summed E-state index contributed by atoms with van der Waals surface area (Å²) in [5.74, 6) is 0.318. The molecule has 5 nitrogen and oxygen atoms in total. The molecule has 3 aromatic rings. The number of carbonyl (C=O) groups is 2. The minimum Gasteiger partial charge on any atom is -0.495 e. The Morgan fingerprint density at radius 3 is 2.32 bits per heavy atom. The number of thioether (sulfide) groups is 1. The Hall–Kier alpha value is -2.77. The number of hydrogen-bond acceptors (Lipinski definition) is 5. The van der Waals surface area contributed by atoms with Gasteiger partial charge in [-0.2, -0.15) is 0 Å². The van der Waals surface area contributed by atoms with E-state index in [9.17, 15) is 9.59 Å². The molecule has 0 spiro atoms. The van der Waals surface area contributed by atoms with Crippen LogP contribution in [0.25, 0.3) is 10.4 Å². The highest BCUT2D eigenvalue weighted by Crippen LogP contribution is 2.36. The zero-order chi connectivity index (χ0) is 20.1. The molecular weight excluding hydrogens is 392 g/mol. The molecule has 0 unspecified atom stereocenters. The lowest BCUT2D eigenvalue weighted by Crippen LogP contribution is -2.16. The monoisotopic (exact) mass is 412 g/mol. The lowest BCUT2D eigenvalue weighted by Gasteiger charge is -2.10. The summed E-state index contributed by atoms with van der Waals surface area (Å²) in [5.41, 5.74) is 1.69. The third-order valence-electron chi connectivity index (χ3n) is 3.86. The van der Waals surface area contributed by atoms with E-state index in [1.807, 2.05) is 48.5 Å². The number of nitrogens with zero attached hydrogens (tertiary/aromatic N) is 1. The van der Waals surface area contributed by atoms with Gasteiger partial charge in [0.25, 0.3) is 11.1 Å². The number of rotatable bonds is 5. The average molecular weight is 413 g/mol. The Morgan fingerprint density at radius 1 is 1.04 bits per heavy atom. The van der Waals surface area contributed by atoms with Crippen LogP contribution in [0.3, 0.4) is 0 Å². The van der Waals surface area contributed by atoms with E-state index >= 15 is 0 Å². The van der Waals surface area contributed by atoms with Crippen LogP contribution in [0.15, 0.2) is 65.6 Å². The van der Waals surface area contributed by atoms with Crippen molar-refractivity contribution in [3.8, 4) is 16.2 Å². The maximum absolute atomic E-state index is 12.7. The Morgan fingerprint density at radius 2 is 1.71 bits per heavy atom. The smallest absolute Gasteiger partial charge is 0.285 e. The summed E-state index contributed by atoms with van der Waals surface area (Å²) in [6.07, 6.45) is 0. The summed E-state index contributed by atoms with van der Waals surface area (Å²) in [7, 11) is 4.98. The predicted octanol–water partition coefficient (Wildman–Crippen LogP) is 5.45. The van der Waals surface area contributed by atoms with E-state index in [-0.39, 0.29) is 11.1 Å². The molecule has 1 heterocycles. The first-order valence-corrected chi connectivity index (χ1v) is 10.1. The second-order valence-corrected chi connectivity index (χ2v) is 8.19. The van der Waals surface area contributed by atoms with E-state index in [4.69, 9.17) is 4.74 Å². The van der Waals surface area contributed by atoms with Crippen LogP contribution in [-0.2, 0) is 0 Å². The van der Waals surface area contributed by atoms with Crippen molar-refractivity contribution in [3.05, 3.63) is 65.5 Å². The average Bonchev–Trinajstić information content (AvgIpc) is 3.14. The van der Waals surface area contributed by atoms with Crippen LogP contribution in [0.4, 0.5) is 10.5 Å². The molecular formula is C21H20N2O3S2. The molecule has 7 heteroatoms. The lowest BCUT2D eigenvalue weighted by molar-refractivity contribution is 0.102. The Balaban J connectivity index is 1.74. The largest absolute Gasteiger partial charge is 0.495 e. The van der Waals surface area contributed by atoms with Gasteiger partial charge in [0, 0.05) is 29.6 Å². The minimum absolute atomic E-state index is 0.0476. The van der Waals surface area contributed by atoms with E-state index in [0.717, 1.165) is 27.1 Å². The topological polar surface area (TPSA) is 58.6 Å². The van der Waals surface area contributed by atoms with Gasteiger partial charge in [0.15, 0.2) is 0 Å². The third kappa shape index (κ3) is 4.74. The molecule has 3 rings (SSSR count). The number of nitrogens with one attached hydrogen (secondary N) is 1. The number of methoxy groups -OCH3 is 1. The van der Waals surface area contributed by atoms with Crippen molar-refractivity contribution in [2.45, 2.75) is 4.90 Å². The first-order valence-electron chi connectivity index (χ1n) is 8.51. The van der Waals surface area contributed by atoms with Crippen molar-refractivity contribution in [2.24, 2.45) is 0 Å². The number of amides is 2. The summed E-state index contributed by atoms with van der Waals surface area (Å²) >= 11 is 2.53. The molecule has 0 saturated heterocycles. The molecule has 1 N–H and O–H groups in total. The van der Waals surface area contributed by atoms with Gasteiger partial charge in [0.2, 0.25) is 0 Å². The van der Waals surface area contributed by atoms with Gasteiger partial charge in [-0.3, -0.25) is 9.59 Å². The number of hydrogen-bond donors (Lipinski definition) is 1. The fourth-order valence-electron chi connectivity index (χ4n) is 2.42. The zero-order valence-corrected chi connectivity index (χ0v) is 17.4. The molecule has 1 aromatic heterocycles. The standard InChI is InChI=1S/C21H20N2O3S2/c1-23(2)21(25)27-16-11-9-15(10-12-16)22-20(24)19-17(26-3)13-18(28-19)14-7-5-4-6-8-14/h4-13H,1-3H3,(H,22,24). The van der Waals surface area contributed by atoms with Crippen LogP contribution >= 0.6 is 23.1 Å². The van der Waals surface area contributed by atoms with Crippen LogP contribution in [0, 0.1) is 0 Å². The summed E-state index contributed by atoms with van der Waals surface area (Å²) in [4.78, 5) is 28.3. The van der Waals surface area contributed by atoms with Crippen LogP contribution in [0.1, 0.15) is 9.67 Å². The molecule has 0 saturated carbocycles. The SMILES string of the molecule is COc1cc(-c2ccccc2)sc1C(=O)Nc1ccc(SC(=O)N(C)C)cc1. The molecule has 2 aromatic carbocycles. The van der Waals surface area contributed by atoms with Gasteiger partial charge in [-0.1, -0.05) is 30.3 Å². The summed E-state index contributed by atoms with van der Waals surface area (Å²) in [6.45, 7) is 0. The van der Waals surface area contributed by atoms with Crippen molar-refractivity contribution in [3.63, 3.8) is 0 Å². The number of benzene rings is 2. The second kappa shape index (κ2) is 8.95. The highest BCUT2D eigenvalue weighted by Gasteiger charge is 2.18. The molecule has 0 aliphatic heterocycles. The van der Waals surface area contributed by atoms with Crippen LogP contribution in [-0.4, -0.2) is 37.3 Å². The Labute approximate surface area is 172 Å². The summed E-state index contributed by atoms with van der Waals surface area (Å²) in [5, 5.41) is 2.84. The van der Waals surface area contributed by atoms with Crippen molar-refractivity contribution in [1.29, 1.82) is 0 Å². The van der Waals surface area contributed by atoms with Crippen molar-refractivity contribution in [1.82, 2.24) is 4.90 Å². The van der Waals surface area contributed by atoms with E-state index in [1.165, 1.54) is 16.2 Å². The number of anilines is 1. The Kier molecular flexibility index (Phi) is 6.38.